The van der Waals surface area contributed by atoms with Gasteiger partial charge in [0.05, 0.1) is 37.4 Å². The highest BCUT2D eigenvalue weighted by molar-refractivity contribution is 7.81. The van der Waals surface area contributed by atoms with Crippen LogP contribution in [-0.2, 0) is 26.3 Å². The Hall–Kier alpha value is 0.880. The SMILES string of the molecule is CC(S)C(=O)O.CCCCCOS.CCCCOS.CCCOS.CCOS.O=C(O)CS. The van der Waals surface area contributed by atoms with E-state index < -0.39 is 17.2 Å². The van der Waals surface area contributed by atoms with Gasteiger partial charge in [-0.1, -0.05) is 40.0 Å². The lowest BCUT2D eigenvalue weighted by Gasteiger charge is -1.91. The second-order valence-corrected chi connectivity index (χ2v) is 7.67. The lowest BCUT2D eigenvalue weighted by Crippen LogP contribution is -2.06. The molecule has 14 heteroatoms. The summed E-state index contributed by atoms with van der Waals surface area (Å²) in [6, 6.07) is 0. The predicted molar refractivity (Wildman–Crippen MR) is 158 cm³/mol. The van der Waals surface area contributed by atoms with Crippen LogP contribution in [0.25, 0.3) is 0 Å². The van der Waals surface area contributed by atoms with E-state index in [1.807, 2.05) is 13.8 Å². The summed E-state index contributed by atoms with van der Waals surface area (Å²) in [7, 11) is 0. The van der Waals surface area contributed by atoms with E-state index in [2.05, 4.69) is 107 Å². The summed E-state index contributed by atoms with van der Waals surface area (Å²) >= 11 is 21.1. The highest BCUT2D eigenvalue weighted by atomic mass is 32.1. The van der Waals surface area contributed by atoms with Crippen LogP contribution in [0.15, 0.2) is 0 Å². The highest BCUT2D eigenvalue weighted by Gasteiger charge is 2.00. The monoisotopic (exact) mass is 594 g/mol. The fraction of sp³-hybridized carbons (Fsp3) is 0.895. The van der Waals surface area contributed by atoms with Crippen molar-refractivity contribution in [1.82, 2.24) is 0 Å². The number of carbonyl (C=O) groups is 2. The summed E-state index contributed by atoms with van der Waals surface area (Å²) in [6.07, 6.45) is 6.98. The van der Waals surface area contributed by atoms with Gasteiger partial charge < -0.3 is 26.9 Å². The molecule has 8 nitrogen and oxygen atoms in total. The molecule has 0 saturated carbocycles. The molecule has 0 fully saturated rings. The van der Waals surface area contributed by atoms with Gasteiger partial charge in [-0.05, 0) is 84.7 Å². The third-order valence-corrected chi connectivity index (χ3v) is 3.64. The van der Waals surface area contributed by atoms with E-state index >= 15 is 0 Å². The van der Waals surface area contributed by atoms with Crippen molar-refractivity contribution in [3.05, 3.63) is 0 Å². The number of unbranched alkanes of at least 4 members (excludes halogenated alkanes) is 3. The van der Waals surface area contributed by atoms with Crippen molar-refractivity contribution in [2.24, 2.45) is 0 Å². The quantitative estimate of drug-likeness (QED) is 0.0766. The van der Waals surface area contributed by atoms with Crippen LogP contribution in [0.1, 0.15) is 73.1 Å². The molecule has 2 N–H and O–H groups in total. The Balaban J connectivity index is -0.0000000668. The number of hydrogen-bond acceptors (Lipinski definition) is 12. The minimum Gasteiger partial charge on any atom is -0.481 e. The van der Waals surface area contributed by atoms with Crippen LogP contribution in [0.2, 0.25) is 0 Å². The van der Waals surface area contributed by atoms with E-state index in [4.69, 9.17) is 10.2 Å². The van der Waals surface area contributed by atoms with Gasteiger partial charge in [-0.25, -0.2) is 0 Å². The van der Waals surface area contributed by atoms with Gasteiger partial charge in [0.25, 0.3) is 0 Å². The van der Waals surface area contributed by atoms with Crippen LogP contribution in [0.5, 0.6) is 0 Å². The first-order valence-electron chi connectivity index (χ1n) is 10.4. The zero-order valence-electron chi connectivity index (χ0n) is 20.4. The van der Waals surface area contributed by atoms with E-state index in [9.17, 15) is 9.59 Å². The second kappa shape index (κ2) is 54.0. The third kappa shape index (κ3) is 110. The molecule has 0 aromatic heterocycles. The summed E-state index contributed by atoms with van der Waals surface area (Å²) < 4.78 is 17.6. The maximum Gasteiger partial charge on any atom is 0.316 e. The van der Waals surface area contributed by atoms with Crippen molar-refractivity contribution >= 4 is 88.8 Å². The fourth-order valence-electron chi connectivity index (χ4n) is 0.717. The highest BCUT2D eigenvalue weighted by Crippen LogP contribution is 1.94. The summed E-state index contributed by atoms with van der Waals surface area (Å²) in [6.45, 7) is 12.7. The van der Waals surface area contributed by atoms with Crippen molar-refractivity contribution in [2.45, 2.75) is 78.4 Å². The maximum atomic E-state index is 9.62. The molecule has 33 heavy (non-hydrogen) atoms. The van der Waals surface area contributed by atoms with Gasteiger partial charge >= 0.3 is 11.9 Å². The minimum atomic E-state index is -0.881. The van der Waals surface area contributed by atoms with Crippen molar-refractivity contribution in [3.8, 4) is 0 Å². The van der Waals surface area contributed by atoms with Gasteiger partial charge in [0.2, 0.25) is 0 Å². The first-order chi connectivity index (χ1) is 15.6. The summed E-state index contributed by atoms with van der Waals surface area (Å²) in [4.78, 5) is 18.9. The largest absolute Gasteiger partial charge is 0.481 e. The van der Waals surface area contributed by atoms with Crippen LogP contribution in [-0.4, -0.2) is 59.6 Å². The molecule has 0 radical (unpaired) electrons. The van der Waals surface area contributed by atoms with Crippen LogP contribution in [0.4, 0.5) is 0 Å². The zero-order chi connectivity index (χ0) is 27.3. The third-order valence-electron chi connectivity index (χ3n) is 2.35. The van der Waals surface area contributed by atoms with Crippen LogP contribution < -0.4 is 0 Å². The van der Waals surface area contributed by atoms with Crippen LogP contribution in [0.3, 0.4) is 0 Å². The maximum absolute atomic E-state index is 9.62. The lowest BCUT2D eigenvalue weighted by molar-refractivity contribution is -0.136. The molecule has 1 atom stereocenters. The molecule has 0 bridgehead atoms. The summed E-state index contributed by atoms with van der Waals surface area (Å²) in [5.74, 6) is -1.84. The van der Waals surface area contributed by atoms with E-state index in [1.54, 1.807) is 0 Å². The van der Waals surface area contributed by atoms with Gasteiger partial charge in [-0.3, -0.25) is 9.59 Å². The molecule has 0 heterocycles. The molecule has 0 aliphatic carbocycles. The first-order valence-corrected chi connectivity index (χ1v) is 13.0. The topological polar surface area (TPSA) is 112 Å². The number of carboxylic acid groups (broad SMARTS) is 2. The number of carboxylic acids is 2. The number of rotatable bonds is 12. The van der Waals surface area contributed by atoms with Gasteiger partial charge in [0, 0.05) is 0 Å². The van der Waals surface area contributed by atoms with Crippen molar-refractivity contribution in [3.63, 3.8) is 0 Å². The molecule has 1 unspecified atom stereocenters. The summed E-state index contributed by atoms with van der Waals surface area (Å²) in [5, 5.41) is 15.0. The molecule has 0 aliphatic rings. The standard InChI is InChI=1S/C5H12OS.C4H10OS.C3H6O2S.C3H8OS.C2H4O2S.C2H6OS/c1-2-3-4-5-6-7;1-2-3-4-5-6;1-2(6)3(4)5;1-2-3-4-5;3-2(4)1-5;1-2-3-4/h7H,2-5H2,1H3;6H,2-4H2,1H3;2,6H,1H3,(H,4,5);5H,2-3H2,1H3;5H,1H2,(H,3,4);4H,2H2,1H3. The van der Waals surface area contributed by atoms with Gasteiger partial charge in [0.15, 0.2) is 0 Å². The first kappa shape index (κ1) is 47.1. The smallest absolute Gasteiger partial charge is 0.316 e. The molecular weight excluding hydrogens is 549 g/mol. The molecule has 0 spiro atoms. The molecule has 0 amide bonds. The van der Waals surface area contributed by atoms with Crippen molar-refractivity contribution < 1.29 is 36.5 Å². The van der Waals surface area contributed by atoms with Crippen LogP contribution in [0, 0.1) is 0 Å². The van der Waals surface area contributed by atoms with Crippen LogP contribution >= 0.6 is 76.9 Å². The molecule has 0 aromatic carbocycles. The zero-order valence-corrected chi connectivity index (χ0v) is 25.7. The Morgan fingerprint density at radius 2 is 1.06 bits per heavy atom. The summed E-state index contributed by atoms with van der Waals surface area (Å²) in [5.41, 5.74) is 0. The van der Waals surface area contributed by atoms with Crippen molar-refractivity contribution in [2.75, 3.05) is 32.2 Å². The number of thiol groups is 6. The predicted octanol–water partition coefficient (Wildman–Crippen LogP) is 6.20. The molecule has 0 aromatic rings. The number of aliphatic carboxylic acids is 2. The van der Waals surface area contributed by atoms with Gasteiger partial charge in [-0.2, -0.15) is 25.3 Å². The average molecular weight is 595 g/mol. The molecule has 0 rings (SSSR count). The Labute approximate surface area is 234 Å². The second-order valence-electron chi connectivity index (χ2n) is 5.54. The van der Waals surface area contributed by atoms with E-state index in [0.717, 1.165) is 39.1 Å². The normalized spacial score (nSPS) is 9.42. The van der Waals surface area contributed by atoms with Gasteiger partial charge in [-0.15, -0.1) is 0 Å². The molecule has 206 valence electrons. The Morgan fingerprint density at radius 3 is 1.18 bits per heavy atom. The van der Waals surface area contributed by atoms with E-state index in [-0.39, 0.29) is 5.75 Å². The van der Waals surface area contributed by atoms with E-state index in [1.165, 1.54) is 26.2 Å². The fourth-order valence-corrected chi connectivity index (χ4v) is 1.16. The molecule has 0 saturated heterocycles. The number of hydrogen-bond donors (Lipinski definition) is 8. The molecule has 0 aliphatic heterocycles. The average Bonchev–Trinajstić information content (AvgIpc) is 2.80. The minimum absolute atomic E-state index is 0.0833. The Bertz CT molecular complexity index is 319. The van der Waals surface area contributed by atoms with E-state index in [0.29, 0.717) is 6.61 Å². The molecular formula is C19H46O8S6. The Morgan fingerprint density at radius 1 is 0.727 bits per heavy atom. The van der Waals surface area contributed by atoms with Gasteiger partial charge in [0.1, 0.15) is 0 Å². The lowest BCUT2D eigenvalue weighted by atomic mass is 10.3. The Kier molecular flexibility index (Phi) is 77.1. The van der Waals surface area contributed by atoms with Crippen molar-refractivity contribution in [1.29, 1.82) is 0 Å².